The molecule has 0 heterocycles. The molecule has 0 aromatic heterocycles. The molecular weight excluding hydrogens is 272 g/mol. The molecule has 0 unspecified atom stereocenters. The molecule has 3 heteroatoms. The van der Waals surface area contributed by atoms with Crippen LogP contribution in [-0.2, 0) is 4.79 Å². The van der Waals surface area contributed by atoms with Crippen LogP contribution in [-0.4, -0.2) is 11.6 Å². The normalized spacial score (nSPS) is 15.4. The smallest absolute Gasteiger partial charge is 0.240 e. The zero-order chi connectivity index (χ0) is 15.9. The Labute approximate surface area is 137 Å². The molecule has 0 aliphatic heterocycles. The van der Waals surface area contributed by atoms with Crippen molar-refractivity contribution >= 4 is 11.6 Å². The van der Waals surface area contributed by atoms with E-state index < -0.39 is 0 Å². The second-order valence-electron chi connectivity index (χ2n) is 6.71. The van der Waals surface area contributed by atoms with E-state index in [-0.39, 0.29) is 5.91 Å². The molecule has 1 saturated carbocycles. The van der Waals surface area contributed by atoms with Crippen LogP contribution in [0.25, 0.3) is 0 Å². The fourth-order valence-electron chi connectivity index (χ4n) is 3.04. The molecule has 0 bridgehead atoms. The monoisotopic (exact) mass is 308 g/mol. The van der Waals surface area contributed by atoms with Gasteiger partial charge in [0.2, 0.25) is 5.91 Å². The SMILES string of the molecule is CCCCCCCCCCCC(=O)NN=C1CCCCCC1. The summed E-state index contributed by atoms with van der Waals surface area (Å²) >= 11 is 0. The largest absolute Gasteiger partial charge is 0.273 e. The van der Waals surface area contributed by atoms with Crippen molar-refractivity contribution in [1.29, 1.82) is 0 Å². The quantitative estimate of drug-likeness (QED) is 0.295. The predicted octanol–water partition coefficient (Wildman–Crippen LogP) is 5.73. The lowest BCUT2D eigenvalue weighted by molar-refractivity contribution is -0.121. The van der Waals surface area contributed by atoms with E-state index in [9.17, 15) is 4.79 Å². The molecule has 22 heavy (non-hydrogen) atoms. The molecule has 3 nitrogen and oxygen atoms in total. The van der Waals surface area contributed by atoms with Crippen LogP contribution >= 0.6 is 0 Å². The highest BCUT2D eigenvalue weighted by atomic mass is 16.2. The summed E-state index contributed by atoms with van der Waals surface area (Å²) in [7, 11) is 0. The fraction of sp³-hybridized carbons (Fsp3) is 0.895. The molecule has 1 amide bonds. The van der Waals surface area contributed by atoms with Gasteiger partial charge in [0.15, 0.2) is 0 Å². The summed E-state index contributed by atoms with van der Waals surface area (Å²) in [5.74, 6) is 0.0969. The summed E-state index contributed by atoms with van der Waals surface area (Å²) < 4.78 is 0. The molecule has 128 valence electrons. The molecule has 1 rings (SSSR count). The molecule has 1 fully saturated rings. The van der Waals surface area contributed by atoms with Crippen molar-refractivity contribution in [3.8, 4) is 0 Å². The van der Waals surface area contributed by atoms with E-state index in [0.717, 1.165) is 19.3 Å². The van der Waals surface area contributed by atoms with Crippen LogP contribution in [0.15, 0.2) is 5.10 Å². The van der Waals surface area contributed by atoms with Gasteiger partial charge in [-0.3, -0.25) is 4.79 Å². The van der Waals surface area contributed by atoms with E-state index in [0.29, 0.717) is 6.42 Å². The van der Waals surface area contributed by atoms with E-state index in [1.807, 2.05) is 0 Å². The number of carbonyl (C=O) groups is 1. The number of amides is 1. The van der Waals surface area contributed by atoms with Gasteiger partial charge in [-0.25, -0.2) is 5.43 Å². The molecule has 0 saturated heterocycles. The predicted molar refractivity (Wildman–Crippen MR) is 95.1 cm³/mol. The van der Waals surface area contributed by atoms with Crippen LogP contribution in [0.1, 0.15) is 110 Å². The van der Waals surface area contributed by atoms with Gasteiger partial charge in [0, 0.05) is 12.1 Å². The van der Waals surface area contributed by atoms with Gasteiger partial charge in [-0.05, 0) is 32.1 Å². The first-order valence-electron chi connectivity index (χ1n) is 9.67. The van der Waals surface area contributed by atoms with Crippen molar-refractivity contribution in [3.05, 3.63) is 0 Å². The van der Waals surface area contributed by atoms with Crippen LogP contribution in [0.5, 0.6) is 0 Å². The number of nitrogens with zero attached hydrogens (tertiary/aromatic N) is 1. The van der Waals surface area contributed by atoms with Gasteiger partial charge in [0.05, 0.1) is 0 Å². The summed E-state index contributed by atoms with van der Waals surface area (Å²) in [5.41, 5.74) is 3.95. The highest BCUT2D eigenvalue weighted by Crippen LogP contribution is 2.14. The van der Waals surface area contributed by atoms with E-state index in [2.05, 4.69) is 17.5 Å². The van der Waals surface area contributed by atoms with E-state index in [1.54, 1.807) is 0 Å². The topological polar surface area (TPSA) is 41.5 Å². The lowest BCUT2D eigenvalue weighted by Gasteiger charge is -2.04. The summed E-state index contributed by atoms with van der Waals surface area (Å²) in [5, 5.41) is 4.32. The third-order valence-electron chi connectivity index (χ3n) is 4.53. The molecule has 0 atom stereocenters. The number of unbranched alkanes of at least 4 members (excludes halogenated alkanes) is 8. The number of hydrazone groups is 1. The van der Waals surface area contributed by atoms with Gasteiger partial charge in [0.25, 0.3) is 0 Å². The van der Waals surface area contributed by atoms with Crippen LogP contribution < -0.4 is 5.43 Å². The molecule has 1 aliphatic rings. The number of hydrogen-bond acceptors (Lipinski definition) is 2. The number of rotatable bonds is 11. The van der Waals surface area contributed by atoms with Gasteiger partial charge in [-0.15, -0.1) is 0 Å². The van der Waals surface area contributed by atoms with E-state index >= 15 is 0 Å². The van der Waals surface area contributed by atoms with Gasteiger partial charge in [-0.1, -0.05) is 71.1 Å². The fourth-order valence-corrected chi connectivity index (χ4v) is 3.04. The molecule has 1 N–H and O–H groups in total. The lowest BCUT2D eigenvalue weighted by atomic mass is 10.1. The van der Waals surface area contributed by atoms with Crippen LogP contribution in [0.3, 0.4) is 0 Å². The molecular formula is C19H36N2O. The van der Waals surface area contributed by atoms with Gasteiger partial charge in [-0.2, -0.15) is 5.10 Å². The van der Waals surface area contributed by atoms with Crippen molar-refractivity contribution in [3.63, 3.8) is 0 Å². The summed E-state index contributed by atoms with van der Waals surface area (Å²) in [6.07, 6.45) is 19.5. The minimum absolute atomic E-state index is 0.0969. The average Bonchev–Trinajstić information content (AvgIpc) is 2.80. The van der Waals surface area contributed by atoms with Crippen molar-refractivity contribution in [2.45, 2.75) is 110 Å². The molecule has 0 spiro atoms. The zero-order valence-corrected chi connectivity index (χ0v) is 14.7. The maximum Gasteiger partial charge on any atom is 0.240 e. The third-order valence-corrected chi connectivity index (χ3v) is 4.53. The molecule has 0 aromatic rings. The highest BCUT2D eigenvalue weighted by Gasteiger charge is 2.06. The Morgan fingerprint density at radius 1 is 0.864 bits per heavy atom. The Hall–Kier alpha value is -0.860. The Bertz CT molecular complexity index is 303. The summed E-state index contributed by atoms with van der Waals surface area (Å²) in [6.45, 7) is 2.26. The molecule has 0 aromatic carbocycles. The Morgan fingerprint density at radius 2 is 1.41 bits per heavy atom. The average molecular weight is 309 g/mol. The first kappa shape index (κ1) is 19.2. The maximum absolute atomic E-state index is 11.8. The number of nitrogens with one attached hydrogen (secondary N) is 1. The van der Waals surface area contributed by atoms with Gasteiger partial charge >= 0.3 is 0 Å². The minimum atomic E-state index is 0.0969. The van der Waals surface area contributed by atoms with Crippen molar-refractivity contribution in [1.82, 2.24) is 5.43 Å². The lowest BCUT2D eigenvalue weighted by Crippen LogP contribution is -2.19. The Balaban J connectivity index is 1.93. The molecule has 0 radical (unpaired) electrons. The van der Waals surface area contributed by atoms with Gasteiger partial charge in [0.1, 0.15) is 0 Å². The van der Waals surface area contributed by atoms with Crippen LogP contribution in [0.4, 0.5) is 0 Å². The van der Waals surface area contributed by atoms with E-state index in [1.165, 1.54) is 82.8 Å². The van der Waals surface area contributed by atoms with Gasteiger partial charge < -0.3 is 0 Å². The highest BCUT2D eigenvalue weighted by molar-refractivity contribution is 5.86. The van der Waals surface area contributed by atoms with Crippen molar-refractivity contribution in [2.75, 3.05) is 0 Å². The first-order valence-corrected chi connectivity index (χ1v) is 9.67. The van der Waals surface area contributed by atoms with E-state index in [4.69, 9.17) is 0 Å². The minimum Gasteiger partial charge on any atom is -0.273 e. The standard InChI is InChI=1S/C19H36N2O/c1-2-3-4-5-6-7-8-9-14-17-19(22)21-20-18-15-12-10-11-13-16-18/h2-17H2,1H3,(H,21,22). The van der Waals surface area contributed by atoms with Crippen molar-refractivity contribution < 1.29 is 4.79 Å². The summed E-state index contributed by atoms with van der Waals surface area (Å²) in [4.78, 5) is 11.8. The first-order chi connectivity index (χ1) is 10.8. The Kier molecular flexibility index (Phi) is 12.0. The number of hydrogen-bond donors (Lipinski definition) is 1. The van der Waals surface area contributed by atoms with Crippen LogP contribution in [0.2, 0.25) is 0 Å². The zero-order valence-electron chi connectivity index (χ0n) is 14.7. The maximum atomic E-state index is 11.8. The molecule has 1 aliphatic carbocycles. The second-order valence-corrected chi connectivity index (χ2v) is 6.71. The van der Waals surface area contributed by atoms with Crippen molar-refractivity contribution in [2.24, 2.45) is 5.10 Å². The third kappa shape index (κ3) is 10.8. The van der Waals surface area contributed by atoms with Crippen LogP contribution in [0, 0.1) is 0 Å². The summed E-state index contributed by atoms with van der Waals surface area (Å²) in [6, 6.07) is 0. The number of carbonyl (C=O) groups excluding carboxylic acids is 1. The Morgan fingerprint density at radius 3 is 2.00 bits per heavy atom. The second kappa shape index (κ2) is 13.8.